The zero-order valence-electron chi connectivity index (χ0n) is 9.90. The number of fused-ring (bicyclic) bond motifs is 1. The maximum atomic E-state index is 11.4. The molecular weight excluding hydrogens is 218 g/mol. The van der Waals surface area contributed by atoms with Crippen molar-refractivity contribution in [3.8, 4) is 0 Å². The molecule has 0 bridgehead atoms. The van der Waals surface area contributed by atoms with Crippen molar-refractivity contribution in [1.82, 2.24) is 20.3 Å². The van der Waals surface area contributed by atoms with Gasteiger partial charge < -0.3 is 10.6 Å². The molecule has 17 heavy (non-hydrogen) atoms. The third-order valence-corrected chi connectivity index (χ3v) is 2.40. The van der Waals surface area contributed by atoms with Gasteiger partial charge in [0.15, 0.2) is 0 Å². The highest BCUT2D eigenvalue weighted by molar-refractivity contribution is 5.91. The molecule has 0 saturated carbocycles. The van der Waals surface area contributed by atoms with Crippen molar-refractivity contribution in [3.05, 3.63) is 18.2 Å². The number of amides is 2. The summed E-state index contributed by atoms with van der Waals surface area (Å²) >= 11 is 0. The molecular formula is C11H15N5O. The Morgan fingerprint density at radius 1 is 1.47 bits per heavy atom. The van der Waals surface area contributed by atoms with Crippen molar-refractivity contribution < 1.29 is 4.79 Å². The Bertz CT molecular complexity index is 534. The summed E-state index contributed by atoms with van der Waals surface area (Å²) in [6.07, 6.45) is 0.913. The van der Waals surface area contributed by atoms with Gasteiger partial charge in [0, 0.05) is 19.3 Å². The third-order valence-electron chi connectivity index (χ3n) is 2.40. The number of nitrogens with zero attached hydrogens (tertiary/aromatic N) is 3. The van der Waals surface area contributed by atoms with Gasteiger partial charge >= 0.3 is 6.03 Å². The summed E-state index contributed by atoms with van der Waals surface area (Å²) in [5, 5.41) is 13.4. The van der Waals surface area contributed by atoms with Crippen molar-refractivity contribution in [2.45, 2.75) is 13.3 Å². The van der Waals surface area contributed by atoms with Crippen LogP contribution in [0.5, 0.6) is 0 Å². The number of rotatable bonds is 3. The number of aromatic nitrogens is 3. The predicted molar refractivity (Wildman–Crippen MR) is 65.8 cm³/mol. The Hall–Kier alpha value is -2.11. The van der Waals surface area contributed by atoms with Crippen LogP contribution in [0.1, 0.15) is 13.3 Å². The smallest absolute Gasteiger partial charge is 0.319 e. The summed E-state index contributed by atoms with van der Waals surface area (Å²) in [6.45, 7) is 2.67. The van der Waals surface area contributed by atoms with Crippen molar-refractivity contribution >= 4 is 22.8 Å². The van der Waals surface area contributed by atoms with Crippen molar-refractivity contribution in [3.63, 3.8) is 0 Å². The van der Waals surface area contributed by atoms with E-state index in [1.807, 2.05) is 26.1 Å². The zero-order chi connectivity index (χ0) is 12.3. The second-order valence-corrected chi connectivity index (χ2v) is 3.80. The van der Waals surface area contributed by atoms with E-state index in [-0.39, 0.29) is 6.03 Å². The maximum Gasteiger partial charge on any atom is 0.319 e. The Morgan fingerprint density at radius 3 is 3.06 bits per heavy atom. The van der Waals surface area contributed by atoms with Gasteiger partial charge in [0.25, 0.3) is 0 Å². The first-order chi connectivity index (χ1) is 8.20. The standard InChI is InChI=1S/C11H15N5O/c1-3-6-12-11(17)13-8-4-5-10-9(7-8)14-15-16(10)2/h4-5,7H,3,6H2,1-2H3,(H2,12,13,17). The molecule has 0 unspecified atom stereocenters. The van der Waals surface area contributed by atoms with Gasteiger partial charge in [-0.3, -0.25) is 0 Å². The van der Waals surface area contributed by atoms with E-state index in [4.69, 9.17) is 0 Å². The predicted octanol–water partition coefficient (Wildman–Crippen LogP) is 1.50. The minimum absolute atomic E-state index is 0.199. The Balaban J connectivity index is 2.11. The summed E-state index contributed by atoms with van der Waals surface area (Å²) in [4.78, 5) is 11.4. The SMILES string of the molecule is CCCNC(=O)Nc1ccc2c(c1)nnn2C. The van der Waals surface area contributed by atoms with Gasteiger partial charge in [0.05, 0.1) is 5.52 Å². The van der Waals surface area contributed by atoms with Crippen LogP contribution in [0.4, 0.5) is 10.5 Å². The van der Waals surface area contributed by atoms with Crippen molar-refractivity contribution in [2.75, 3.05) is 11.9 Å². The van der Waals surface area contributed by atoms with Crippen molar-refractivity contribution in [1.29, 1.82) is 0 Å². The van der Waals surface area contributed by atoms with E-state index in [0.717, 1.165) is 17.5 Å². The average molecular weight is 233 g/mol. The summed E-state index contributed by atoms with van der Waals surface area (Å²) in [6, 6.07) is 5.31. The van der Waals surface area contributed by atoms with Gasteiger partial charge in [-0.15, -0.1) is 5.10 Å². The molecule has 2 rings (SSSR count). The number of urea groups is 1. The monoisotopic (exact) mass is 233 g/mol. The Morgan fingerprint density at radius 2 is 2.29 bits per heavy atom. The van der Waals surface area contributed by atoms with E-state index in [1.54, 1.807) is 10.7 Å². The third kappa shape index (κ3) is 2.52. The minimum Gasteiger partial charge on any atom is -0.338 e. The lowest BCUT2D eigenvalue weighted by Crippen LogP contribution is -2.29. The molecule has 2 amide bonds. The molecule has 0 radical (unpaired) electrons. The maximum absolute atomic E-state index is 11.4. The molecule has 0 spiro atoms. The number of nitrogens with one attached hydrogen (secondary N) is 2. The van der Waals surface area contributed by atoms with Gasteiger partial charge in [-0.2, -0.15) is 0 Å². The molecule has 6 heteroatoms. The van der Waals surface area contributed by atoms with Crippen LogP contribution in [0, 0.1) is 0 Å². The van der Waals surface area contributed by atoms with Gasteiger partial charge in [-0.05, 0) is 24.6 Å². The van der Waals surface area contributed by atoms with Crippen LogP contribution in [0.3, 0.4) is 0 Å². The van der Waals surface area contributed by atoms with Gasteiger partial charge in [0.1, 0.15) is 5.52 Å². The van der Waals surface area contributed by atoms with Gasteiger partial charge in [0.2, 0.25) is 0 Å². The topological polar surface area (TPSA) is 71.8 Å². The quantitative estimate of drug-likeness (QED) is 0.843. The van der Waals surface area contributed by atoms with Crippen molar-refractivity contribution in [2.24, 2.45) is 7.05 Å². The van der Waals surface area contributed by atoms with E-state index in [1.165, 1.54) is 0 Å². The van der Waals surface area contributed by atoms with E-state index in [2.05, 4.69) is 20.9 Å². The molecule has 2 N–H and O–H groups in total. The molecule has 0 fully saturated rings. The summed E-state index contributed by atoms with van der Waals surface area (Å²) in [5.74, 6) is 0. The van der Waals surface area contributed by atoms with Crippen LogP contribution in [0.15, 0.2) is 18.2 Å². The van der Waals surface area contributed by atoms with Crippen LogP contribution >= 0.6 is 0 Å². The van der Waals surface area contributed by atoms with E-state index in [9.17, 15) is 4.79 Å². The number of anilines is 1. The fourth-order valence-corrected chi connectivity index (χ4v) is 1.53. The molecule has 1 aromatic carbocycles. The van der Waals surface area contributed by atoms with E-state index in [0.29, 0.717) is 12.2 Å². The van der Waals surface area contributed by atoms with Gasteiger partial charge in [-0.1, -0.05) is 12.1 Å². The summed E-state index contributed by atoms with van der Waals surface area (Å²) < 4.78 is 1.69. The molecule has 0 aliphatic heterocycles. The molecule has 1 heterocycles. The number of carbonyl (C=O) groups is 1. The first-order valence-corrected chi connectivity index (χ1v) is 5.55. The van der Waals surface area contributed by atoms with Gasteiger partial charge in [-0.25, -0.2) is 9.48 Å². The Kier molecular flexibility index (Phi) is 3.22. The van der Waals surface area contributed by atoms with E-state index >= 15 is 0 Å². The highest BCUT2D eigenvalue weighted by Gasteiger charge is 2.04. The van der Waals surface area contributed by atoms with Crippen LogP contribution in [-0.2, 0) is 7.05 Å². The molecule has 6 nitrogen and oxygen atoms in total. The molecule has 1 aromatic heterocycles. The lowest BCUT2D eigenvalue weighted by atomic mass is 10.3. The lowest BCUT2D eigenvalue weighted by Gasteiger charge is -2.06. The first-order valence-electron chi connectivity index (χ1n) is 5.55. The number of aryl methyl sites for hydroxylation is 1. The highest BCUT2D eigenvalue weighted by atomic mass is 16.2. The molecule has 0 aliphatic carbocycles. The van der Waals surface area contributed by atoms with Crippen LogP contribution in [-0.4, -0.2) is 27.6 Å². The highest BCUT2D eigenvalue weighted by Crippen LogP contribution is 2.15. The molecule has 0 atom stereocenters. The van der Waals surface area contributed by atoms with Crippen LogP contribution in [0.2, 0.25) is 0 Å². The number of hydrogen-bond donors (Lipinski definition) is 2. The van der Waals surface area contributed by atoms with E-state index < -0.39 is 0 Å². The minimum atomic E-state index is -0.199. The molecule has 0 saturated heterocycles. The number of benzene rings is 1. The molecule has 2 aromatic rings. The fraction of sp³-hybridized carbons (Fsp3) is 0.364. The van der Waals surface area contributed by atoms with Crippen LogP contribution in [0.25, 0.3) is 11.0 Å². The fourth-order valence-electron chi connectivity index (χ4n) is 1.53. The summed E-state index contributed by atoms with van der Waals surface area (Å²) in [7, 11) is 1.83. The zero-order valence-corrected chi connectivity index (χ0v) is 9.90. The number of carbonyl (C=O) groups excluding carboxylic acids is 1. The number of hydrogen-bond acceptors (Lipinski definition) is 3. The molecule has 90 valence electrons. The Labute approximate surface area is 99.0 Å². The van der Waals surface area contributed by atoms with Crippen LogP contribution < -0.4 is 10.6 Å². The normalized spacial score (nSPS) is 10.5. The largest absolute Gasteiger partial charge is 0.338 e. The summed E-state index contributed by atoms with van der Waals surface area (Å²) in [5.41, 5.74) is 2.41. The first kappa shape index (κ1) is 11.4. The second kappa shape index (κ2) is 4.82. The molecule has 0 aliphatic rings. The average Bonchev–Trinajstić information content (AvgIpc) is 2.68. The lowest BCUT2D eigenvalue weighted by molar-refractivity contribution is 0.252. The second-order valence-electron chi connectivity index (χ2n) is 3.80.